The third-order valence-corrected chi connectivity index (χ3v) is 5.17. The number of halogens is 1. The molecule has 8 nitrogen and oxygen atoms in total. The van der Waals surface area contributed by atoms with E-state index in [1.807, 2.05) is 0 Å². The van der Waals surface area contributed by atoms with Crippen molar-refractivity contribution in [1.29, 1.82) is 0 Å². The van der Waals surface area contributed by atoms with Crippen LogP contribution >= 0.6 is 15.9 Å². The molecule has 0 bridgehead atoms. The number of alkyl carbamates (subject to hydrolysis) is 1. The van der Waals surface area contributed by atoms with E-state index in [0.29, 0.717) is 21.4 Å². The number of ether oxygens (including phenoxy) is 1. The Kier molecular flexibility index (Phi) is 8.42. The Labute approximate surface area is 204 Å². The van der Waals surface area contributed by atoms with E-state index in [2.05, 4.69) is 26.6 Å². The number of hydrogen-bond acceptors (Lipinski definition) is 6. The number of nitrogen functional groups attached to an aromatic ring is 1. The number of para-hydroxylation sites is 2. The van der Waals surface area contributed by atoms with Crippen molar-refractivity contribution in [3.8, 4) is 5.75 Å². The topological polar surface area (TPSA) is 131 Å². The average molecular weight is 524 g/mol. The number of phenols is 1. The van der Waals surface area contributed by atoms with Gasteiger partial charge in [-0.15, -0.1) is 0 Å². The molecule has 174 valence electrons. The van der Waals surface area contributed by atoms with Gasteiger partial charge >= 0.3 is 6.09 Å². The maximum atomic E-state index is 12.4. The summed E-state index contributed by atoms with van der Waals surface area (Å²) < 4.78 is 6.08. The predicted octanol–water partition coefficient (Wildman–Crippen LogP) is 4.93. The van der Waals surface area contributed by atoms with Crippen molar-refractivity contribution in [2.75, 3.05) is 11.1 Å². The SMILES string of the molecule is Nc1ccccc1NC(=O)/C=C/C[C@H](OC(=O)NC(=O)c1ccccc1)c1cc(Br)ccc1O. The second kappa shape index (κ2) is 11.7. The Morgan fingerprint density at radius 1 is 1.03 bits per heavy atom. The standard InChI is InChI=1S/C25H22BrN3O5/c26-17-13-14-21(30)18(15-17)22(34-25(33)29-24(32)16-7-2-1-3-8-16)11-6-12-23(31)28-20-10-5-4-9-19(20)27/h1-10,12-15,22,30H,11,27H2,(H,28,31)(H,29,32,33)/b12-6+/t22-/m0/s1. The van der Waals surface area contributed by atoms with Gasteiger partial charge in [0.05, 0.1) is 11.4 Å². The summed E-state index contributed by atoms with van der Waals surface area (Å²) in [5.41, 5.74) is 7.30. The summed E-state index contributed by atoms with van der Waals surface area (Å²) in [6.07, 6.45) is 0.839. The number of benzene rings is 3. The molecule has 0 radical (unpaired) electrons. The fourth-order valence-electron chi connectivity index (χ4n) is 3.02. The molecule has 3 rings (SSSR count). The Hall–Kier alpha value is -4.11. The Morgan fingerprint density at radius 2 is 1.74 bits per heavy atom. The van der Waals surface area contributed by atoms with E-state index in [-0.39, 0.29) is 17.7 Å². The molecule has 0 unspecified atom stereocenters. The van der Waals surface area contributed by atoms with Crippen molar-refractivity contribution in [3.63, 3.8) is 0 Å². The summed E-state index contributed by atoms with van der Waals surface area (Å²) >= 11 is 3.32. The van der Waals surface area contributed by atoms with Crippen LogP contribution in [0.2, 0.25) is 0 Å². The molecule has 34 heavy (non-hydrogen) atoms. The number of rotatable bonds is 7. The Bertz CT molecular complexity index is 1210. The highest BCUT2D eigenvalue weighted by molar-refractivity contribution is 9.10. The summed E-state index contributed by atoms with van der Waals surface area (Å²) in [6.45, 7) is 0. The van der Waals surface area contributed by atoms with Crippen LogP contribution in [0.3, 0.4) is 0 Å². The third-order valence-electron chi connectivity index (χ3n) is 4.68. The van der Waals surface area contributed by atoms with Gasteiger partial charge < -0.3 is 20.9 Å². The molecule has 3 aromatic carbocycles. The van der Waals surface area contributed by atoms with Crippen LogP contribution in [0.5, 0.6) is 5.75 Å². The number of carbonyl (C=O) groups excluding carboxylic acids is 3. The molecule has 0 heterocycles. The van der Waals surface area contributed by atoms with Crippen molar-refractivity contribution in [2.24, 2.45) is 0 Å². The first kappa shape index (κ1) is 24.5. The molecule has 0 aliphatic carbocycles. The van der Waals surface area contributed by atoms with E-state index in [4.69, 9.17) is 10.5 Å². The maximum absolute atomic E-state index is 12.4. The van der Waals surface area contributed by atoms with E-state index in [1.54, 1.807) is 66.7 Å². The van der Waals surface area contributed by atoms with Crippen LogP contribution in [-0.2, 0) is 9.53 Å². The highest BCUT2D eigenvalue weighted by Gasteiger charge is 2.21. The normalized spacial score (nSPS) is 11.6. The van der Waals surface area contributed by atoms with Crippen molar-refractivity contribution >= 4 is 45.2 Å². The largest absolute Gasteiger partial charge is 0.508 e. The lowest BCUT2D eigenvalue weighted by atomic mass is 10.0. The van der Waals surface area contributed by atoms with Crippen LogP contribution < -0.4 is 16.4 Å². The summed E-state index contributed by atoms with van der Waals surface area (Å²) in [5, 5.41) is 15.1. The monoisotopic (exact) mass is 523 g/mol. The molecule has 1 atom stereocenters. The molecular weight excluding hydrogens is 502 g/mol. The Balaban J connectivity index is 1.71. The number of anilines is 2. The molecule has 9 heteroatoms. The zero-order valence-electron chi connectivity index (χ0n) is 17.9. The second-order valence-corrected chi connectivity index (χ2v) is 8.05. The van der Waals surface area contributed by atoms with Gasteiger partial charge in [-0.2, -0.15) is 0 Å². The number of aromatic hydroxyl groups is 1. The van der Waals surface area contributed by atoms with Crippen LogP contribution in [0.4, 0.5) is 16.2 Å². The lowest BCUT2D eigenvalue weighted by molar-refractivity contribution is -0.111. The molecule has 0 saturated heterocycles. The van der Waals surface area contributed by atoms with Crippen LogP contribution in [0, 0.1) is 0 Å². The number of carbonyl (C=O) groups is 3. The fourth-order valence-corrected chi connectivity index (χ4v) is 3.40. The van der Waals surface area contributed by atoms with Gasteiger partial charge in [0.1, 0.15) is 11.9 Å². The molecule has 0 saturated carbocycles. The van der Waals surface area contributed by atoms with Crippen LogP contribution in [0.25, 0.3) is 0 Å². The first-order valence-corrected chi connectivity index (χ1v) is 11.0. The first-order chi connectivity index (χ1) is 16.3. The minimum Gasteiger partial charge on any atom is -0.508 e. The molecule has 0 fully saturated rings. The molecule has 0 aliphatic rings. The highest BCUT2D eigenvalue weighted by atomic mass is 79.9. The van der Waals surface area contributed by atoms with Crippen molar-refractivity contribution in [1.82, 2.24) is 5.32 Å². The van der Waals surface area contributed by atoms with Gasteiger partial charge in [0, 0.05) is 22.0 Å². The summed E-state index contributed by atoms with van der Waals surface area (Å²) in [7, 11) is 0. The maximum Gasteiger partial charge on any atom is 0.414 e. The smallest absolute Gasteiger partial charge is 0.414 e. The van der Waals surface area contributed by atoms with Crippen LogP contribution in [-0.4, -0.2) is 23.0 Å². The lowest BCUT2D eigenvalue weighted by Crippen LogP contribution is -2.32. The molecule has 0 aromatic heterocycles. The van der Waals surface area contributed by atoms with Crippen LogP contribution in [0.1, 0.15) is 28.4 Å². The number of hydrogen-bond donors (Lipinski definition) is 4. The number of nitrogens with one attached hydrogen (secondary N) is 2. The van der Waals surface area contributed by atoms with Crippen molar-refractivity contribution in [3.05, 3.63) is 101 Å². The van der Waals surface area contributed by atoms with E-state index in [0.717, 1.165) is 0 Å². The van der Waals surface area contributed by atoms with E-state index in [1.165, 1.54) is 18.2 Å². The van der Waals surface area contributed by atoms with Gasteiger partial charge in [0.2, 0.25) is 5.91 Å². The molecule has 0 spiro atoms. The highest BCUT2D eigenvalue weighted by Crippen LogP contribution is 2.32. The molecule has 3 amide bonds. The quantitative estimate of drug-likeness (QED) is 0.256. The van der Waals surface area contributed by atoms with E-state index in [9.17, 15) is 19.5 Å². The molecule has 3 aromatic rings. The number of imide groups is 1. The van der Waals surface area contributed by atoms with Crippen molar-refractivity contribution in [2.45, 2.75) is 12.5 Å². The molecular formula is C25H22BrN3O5. The summed E-state index contributed by atoms with van der Waals surface area (Å²) in [4.78, 5) is 36.9. The van der Waals surface area contributed by atoms with E-state index >= 15 is 0 Å². The molecule has 5 N–H and O–H groups in total. The summed E-state index contributed by atoms with van der Waals surface area (Å²) in [5.74, 6) is -1.16. The lowest BCUT2D eigenvalue weighted by Gasteiger charge is -2.18. The summed E-state index contributed by atoms with van der Waals surface area (Å²) in [6, 6.07) is 19.7. The fraction of sp³-hybridized carbons (Fsp3) is 0.0800. The van der Waals surface area contributed by atoms with Gasteiger partial charge in [-0.1, -0.05) is 52.3 Å². The van der Waals surface area contributed by atoms with E-state index < -0.39 is 24.0 Å². The minimum atomic E-state index is -0.992. The first-order valence-electron chi connectivity index (χ1n) is 10.2. The molecule has 0 aliphatic heterocycles. The van der Waals surface area contributed by atoms with Gasteiger partial charge in [0.25, 0.3) is 5.91 Å². The zero-order chi connectivity index (χ0) is 24.5. The third kappa shape index (κ3) is 6.94. The predicted molar refractivity (Wildman–Crippen MR) is 132 cm³/mol. The number of amides is 3. The Morgan fingerprint density at radius 3 is 2.47 bits per heavy atom. The van der Waals surface area contributed by atoms with Gasteiger partial charge in [-0.3, -0.25) is 14.9 Å². The van der Waals surface area contributed by atoms with Crippen molar-refractivity contribution < 1.29 is 24.2 Å². The number of phenolic OH excluding ortho intramolecular Hbond substituents is 1. The second-order valence-electron chi connectivity index (χ2n) is 7.13. The number of nitrogens with two attached hydrogens (primary N) is 1. The van der Waals surface area contributed by atoms with Crippen LogP contribution in [0.15, 0.2) is 89.4 Å². The zero-order valence-corrected chi connectivity index (χ0v) is 19.5. The van der Waals surface area contributed by atoms with Gasteiger partial charge in [-0.05, 0) is 48.5 Å². The van der Waals surface area contributed by atoms with Gasteiger partial charge in [0.15, 0.2) is 0 Å². The minimum absolute atomic E-state index is 0.0503. The van der Waals surface area contributed by atoms with Gasteiger partial charge in [-0.25, -0.2) is 4.79 Å². The average Bonchev–Trinajstić information content (AvgIpc) is 2.82.